The van der Waals surface area contributed by atoms with Crippen molar-refractivity contribution in [2.45, 2.75) is 0 Å². The van der Waals surface area contributed by atoms with Crippen LogP contribution >= 0.6 is 0 Å². The molecule has 0 atom stereocenters. The van der Waals surface area contributed by atoms with Gasteiger partial charge in [-0.3, -0.25) is 0 Å². The summed E-state index contributed by atoms with van der Waals surface area (Å²) in [5.74, 6) is 1.48. The van der Waals surface area contributed by atoms with Gasteiger partial charge in [0.05, 0.1) is 0 Å². The fourth-order valence-electron chi connectivity index (χ4n) is 1.26. The van der Waals surface area contributed by atoms with Crippen LogP contribution in [0.5, 0.6) is 5.75 Å². The van der Waals surface area contributed by atoms with Crippen LogP contribution in [0.3, 0.4) is 0 Å². The highest BCUT2D eigenvalue weighted by molar-refractivity contribution is 5.82. The predicted molar refractivity (Wildman–Crippen MR) is 64.3 cm³/mol. The summed E-state index contributed by atoms with van der Waals surface area (Å²) in [5, 5.41) is 22.9. The second-order valence-corrected chi connectivity index (χ2v) is 3.37. The third-order valence-corrected chi connectivity index (χ3v) is 2.10. The molecule has 0 amide bonds. The topological polar surface area (TPSA) is 98.1 Å². The van der Waals surface area contributed by atoms with E-state index in [-0.39, 0.29) is 12.4 Å². The molecule has 1 aromatic carbocycles. The molecular weight excluding hydrogens is 248 g/mol. The van der Waals surface area contributed by atoms with E-state index in [1.165, 1.54) is 0 Å². The Morgan fingerprint density at radius 3 is 2.37 bits per heavy atom. The molecular formula is C12H8N4O3. The maximum atomic E-state index is 10.6. The summed E-state index contributed by atoms with van der Waals surface area (Å²) in [7, 11) is 0. The highest BCUT2D eigenvalue weighted by Crippen LogP contribution is 2.18. The summed E-state index contributed by atoms with van der Waals surface area (Å²) in [6.45, 7) is 0.187. The first-order chi connectivity index (χ1) is 9.20. The van der Waals surface area contributed by atoms with E-state index in [1.807, 2.05) is 0 Å². The SMILES string of the molecule is C#CCOc1ccc(-c2nnc(C(=O)O)nn2)cc1. The Morgan fingerprint density at radius 2 is 1.84 bits per heavy atom. The summed E-state index contributed by atoms with van der Waals surface area (Å²) < 4.78 is 5.21. The predicted octanol–water partition coefficient (Wildman–Crippen LogP) is 0.644. The molecule has 2 aromatic rings. The number of carboxylic acid groups (broad SMARTS) is 1. The number of carbonyl (C=O) groups is 1. The van der Waals surface area contributed by atoms with Gasteiger partial charge in [0.1, 0.15) is 12.4 Å². The van der Waals surface area contributed by atoms with Crippen molar-refractivity contribution in [3.63, 3.8) is 0 Å². The number of benzene rings is 1. The molecule has 1 N–H and O–H groups in total. The Kier molecular flexibility index (Phi) is 3.64. The normalized spacial score (nSPS) is 9.63. The lowest BCUT2D eigenvalue weighted by molar-refractivity contribution is 0.0680. The first-order valence-corrected chi connectivity index (χ1v) is 5.18. The highest BCUT2D eigenvalue weighted by Gasteiger charge is 2.09. The number of terminal acetylenes is 1. The molecule has 1 heterocycles. The van der Waals surface area contributed by atoms with Crippen LogP contribution in [-0.2, 0) is 0 Å². The van der Waals surface area contributed by atoms with Crippen LogP contribution in [0.1, 0.15) is 10.6 Å². The maximum Gasteiger partial charge on any atom is 0.377 e. The molecule has 0 aliphatic rings. The molecule has 0 spiro atoms. The first kappa shape index (κ1) is 12.4. The lowest BCUT2D eigenvalue weighted by Gasteiger charge is -2.03. The molecule has 19 heavy (non-hydrogen) atoms. The number of nitrogens with zero attached hydrogens (tertiary/aromatic N) is 4. The van der Waals surface area contributed by atoms with Crippen LogP contribution in [0, 0.1) is 12.3 Å². The maximum absolute atomic E-state index is 10.6. The fraction of sp³-hybridized carbons (Fsp3) is 0.0833. The molecule has 0 saturated heterocycles. The third-order valence-electron chi connectivity index (χ3n) is 2.10. The standard InChI is InChI=1S/C12H8N4O3/c1-2-7-19-9-5-3-8(4-6-9)10-13-15-11(12(17)18)16-14-10/h1,3-6H,7H2,(H,17,18). The molecule has 0 saturated carbocycles. The summed E-state index contributed by atoms with van der Waals surface area (Å²) in [5.41, 5.74) is 0.644. The minimum atomic E-state index is -1.27. The van der Waals surface area contributed by atoms with Crippen molar-refractivity contribution in [3.05, 3.63) is 30.1 Å². The molecule has 0 unspecified atom stereocenters. The molecule has 0 aliphatic heterocycles. The summed E-state index contributed by atoms with van der Waals surface area (Å²) in [6.07, 6.45) is 5.08. The van der Waals surface area contributed by atoms with Crippen LogP contribution in [0.4, 0.5) is 0 Å². The Bertz CT molecular complexity index is 617. The number of aromatic carboxylic acids is 1. The monoisotopic (exact) mass is 256 g/mol. The summed E-state index contributed by atoms with van der Waals surface area (Å²) in [4.78, 5) is 10.6. The average molecular weight is 256 g/mol. The lowest BCUT2D eigenvalue weighted by Crippen LogP contribution is -2.08. The van der Waals surface area contributed by atoms with E-state index in [0.717, 1.165) is 0 Å². The zero-order chi connectivity index (χ0) is 13.7. The van der Waals surface area contributed by atoms with Gasteiger partial charge in [-0.1, -0.05) is 5.92 Å². The van der Waals surface area contributed by atoms with Crippen LogP contribution < -0.4 is 4.74 Å². The zero-order valence-electron chi connectivity index (χ0n) is 9.65. The molecule has 2 rings (SSSR count). The van der Waals surface area contributed by atoms with Gasteiger partial charge in [-0.2, -0.15) is 0 Å². The average Bonchev–Trinajstić information content (AvgIpc) is 2.46. The van der Waals surface area contributed by atoms with Gasteiger partial charge < -0.3 is 9.84 Å². The molecule has 0 fully saturated rings. The second-order valence-electron chi connectivity index (χ2n) is 3.37. The van der Waals surface area contributed by atoms with Crippen molar-refractivity contribution < 1.29 is 14.6 Å². The van der Waals surface area contributed by atoms with Gasteiger partial charge in [0.2, 0.25) is 5.82 Å². The summed E-state index contributed by atoms with van der Waals surface area (Å²) in [6, 6.07) is 6.79. The van der Waals surface area contributed by atoms with Gasteiger partial charge in [0.15, 0.2) is 0 Å². The van der Waals surface area contributed by atoms with Gasteiger partial charge in [-0.25, -0.2) is 4.79 Å². The van der Waals surface area contributed by atoms with Crippen LogP contribution in [0.25, 0.3) is 11.4 Å². The quantitative estimate of drug-likeness (QED) is 0.801. The largest absolute Gasteiger partial charge is 0.481 e. The van der Waals surface area contributed by atoms with Crippen molar-refractivity contribution >= 4 is 5.97 Å². The molecule has 0 aliphatic carbocycles. The van der Waals surface area contributed by atoms with Gasteiger partial charge >= 0.3 is 5.97 Å². The van der Waals surface area contributed by atoms with E-state index >= 15 is 0 Å². The van der Waals surface area contributed by atoms with E-state index in [1.54, 1.807) is 24.3 Å². The van der Waals surface area contributed by atoms with Gasteiger partial charge in [-0.05, 0) is 24.3 Å². The van der Waals surface area contributed by atoms with E-state index in [4.69, 9.17) is 16.3 Å². The number of ether oxygens (including phenoxy) is 1. The number of hydrogen-bond acceptors (Lipinski definition) is 6. The van der Waals surface area contributed by atoms with Crippen molar-refractivity contribution in [2.24, 2.45) is 0 Å². The molecule has 7 nitrogen and oxygen atoms in total. The van der Waals surface area contributed by atoms with Gasteiger partial charge in [0, 0.05) is 5.56 Å². The van der Waals surface area contributed by atoms with Crippen LogP contribution in [0.15, 0.2) is 24.3 Å². The van der Waals surface area contributed by atoms with E-state index in [2.05, 4.69) is 26.3 Å². The van der Waals surface area contributed by atoms with Crippen LogP contribution in [-0.4, -0.2) is 38.1 Å². The number of hydrogen-bond donors (Lipinski definition) is 1. The van der Waals surface area contributed by atoms with Gasteiger partial charge in [0.25, 0.3) is 5.82 Å². The van der Waals surface area contributed by atoms with Crippen molar-refractivity contribution in [3.8, 4) is 29.5 Å². The third kappa shape index (κ3) is 3.01. The zero-order valence-corrected chi connectivity index (χ0v) is 9.65. The molecule has 94 valence electrons. The summed E-state index contributed by atoms with van der Waals surface area (Å²) >= 11 is 0. The Morgan fingerprint density at radius 1 is 1.21 bits per heavy atom. The first-order valence-electron chi connectivity index (χ1n) is 5.18. The van der Waals surface area contributed by atoms with E-state index in [9.17, 15) is 4.79 Å². The molecule has 7 heteroatoms. The Hall–Kier alpha value is -3.01. The number of carboxylic acids is 1. The highest BCUT2D eigenvalue weighted by atomic mass is 16.5. The van der Waals surface area contributed by atoms with Crippen molar-refractivity contribution in [2.75, 3.05) is 6.61 Å². The fourth-order valence-corrected chi connectivity index (χ4v) is 1.26. The molecule has 1 aromatic heterocycles. The smallest absolute Gasteiger partial charge is 0.377 e. The minimum Gasteiger partial charge on any atom is -0.481 e. The van der Waals surface area contributed by atoms with Crippen molar-refractivity contribution in [1.29, 1.82) is 0 Å². The minimum absolute atomic E-state index is 0.187. The molecule has 0 radical (unpaired) electrons. The van der Waals surface area contributed by atoms with E-state index in [0.29, 0.717) is 11.3 Å². The number of rotatable bonds is 4. The second kappa shape index (κ2) is 5.55. The molecule has 0 bridgehead atoms. The van der Waals surface area contributed by atoms with E-state index < -0.39 is 11.8 Å². The Balaban J connectivity index is 2.18. The Labute approximate surface area is 108 Å². The number of aromatic nitrogens is 4. The van der Waals surface area contributed by atoms with Gasteiger partial charge in [-0.15, -0.1) is 26.8 Å². The lowest BCUT2D eigenvalue weighted by atomic mass is 10.2. The van der Waals surface area contributed by atoms with Crippen molar-refractivity contribution in [1.82, 2.24) is 20.4 Å². The van der Waals surface area contributed by atoms with Crippen LogP contribution in [0.2, 0.25) is 0 Å².